The highest BCUT2D eigenvalue weighted by Gasteiger charge is 2.18. The van der Waals surface area contributed by atoms with Crippen molar-refractivity contribution in [3.63, 3.8) is 0 Å². The Morgan fingerprint density at radius 2 is 1.37 bits per heavy atom. The van der Waals surface area contributed by atoms with Crippen LogP contribution in [-0.2, 0) is 0 Å². The molecule has 0 amide bonds. The van der Waals surface area contributed by atoms with Crippen molar-refractivity contribution in [2.45, 2.75) is 16.5 Å². The van der Waals surface area contributed by atoms with Crippen LogP contribution in [0.3, 0.4) is 0 Å². The molecule has 3 aromatic carbocycles. The monoisotopic (exact) mass is 389 g/mol. The van der Waals surface area contributed by atoms with Crippen LogP contribution in [-0.4, -0.2) is 10.2 Å². The number of nitrogens with one attached hydrogen (secondary N) is 1. The van der Waals surface area contributed by atoms with Crippen LogP contribution in [0, 0.1) is 6.92 Å². The Balaban J connectivity index is 1.57. The molecule has 27 heavy (non-hydrogen) atoms. The molecule has 0 radical (unpaired) electrons. The zero-order valence-corrected chi connectivity index (χ0v) is 16.5. The van der Waals surface area contributed by atoms with E-state index in [0.29, 0.717) is 0 Å². The molecule has 0 fully saturated rings. The first-order valence-corrected chi connectivity index (χ1v) is 10.4. The smallest absolute Gasteiger partial charge is 0.210 e. The van der Waals surface area contributed by atoms with Gasteiger partial charge in [-0.15, -0.1) is 10.2 Å². The third-order valence-corrected chi connectivity index (χ3v) is 6.45. The van der Waals surface area contributed by atoms with E-state index >= 15 is 0 Å². The van der Waals surface area contributed by atoms with Gasteiger partial charge in [0.05, 0.1) is 5.25 Å². The third kappa shape index (κ3) is 4.38. The number of anilines is 2. The molecule has 0 saturated carbocycles. The van der Waals surface area contributed by atoms with Crippen LogP contribution < -0.4 is 5.32 Å². The molecule has 5 heteroatoms. The van der Waals surface area contributed by atoms with Gasteiger partial charge >= 0.3 is 0 Å². The number of hydrogen-bond acceptors (Lipinski definition) is 5. The maximum absolute atomic E-state index is 4.40. The lowest BCUT2D eigenvalue weighted by Gasteiger charge is -2.15. The van der Waals surface area contributed by atoms with Gasteiger partial charge in [0, 0.05) is 5.69 Å². The van der Waals surface area contributed by atoms with Gasteiger partial charge in [-0.3, -0.25) is 0 Å². The molecular formula is C22H19N3S2. The van der Waals surface area contributed by atoms with Crippen molar-refractivity contribution in [2.24, 2.45) is 0 Å². The molecule has 0 bridgehead atoms. The lowest BCUT2D eigenvalue weighted by molar-refractivity contribution is 1.01. The second kappa shape index (κ2) is 8.37. The lowest BCUT2D eigenvalue weighted by Crippen LogP contribution is -1.96. The molecule has 0 unspecified atom stereocenters. The molecule has 3 nitrogen and oxygen atoms in total. The van der Waals surface area contributed by atoms with Crippen LogP contribution in [0.15, 0.2) is 89.3 Å². The minimum Gasteiger partial charge on any atom is -0.330 e. The summed E-state index contributed by atoms with van der Waals surface area (Å²) in [5.74, 6) is 0. The van der Waals surface area contributed by atoms with Gasteiger partial charge in [-0.1, -0.05) is 102 Å². The number of thioether (sulfide) groups is 1. The van der Waals surface area contributed by atoms with E-state index in [1.165, 1.54) is 16.7 Å². The quantitative estimate of drug-likeness (QED) is 0.383. The molecule has 1 aromatic heterocycles. The fourth-order valence-electron chi connectivity index (χ4n) is 2.82. The van der Waals surface area contributed by atoms with Crippen LogP contribution in [0.2, 0.25) is 0 Å². The molecular weight excluding hydrogens is 370 g/mol. The zero-order valence-electron chi connectivity index (χ0n) is 14.9. The number of nitrogens with zero attached hydrogens (tertiary/aromatic N) is 2. The predicted molar refractivity (Wildman–Crippen MR) is 115 cm³/mol. The Kier molecular flexibility index (Phi) is 5.51. The highest BCUT2D eigenvalue weighted by molar-refractivity contribution is 8.01. The molecule has 0 atom stereocenters. The molecule has 1 heterocycles. The summed E-state index contributed by atoms with van der Waals surface area (Å²) in [6.07, 6.45) is 0. The molecule has 0 aliphatic carbocycles. The Labute approximate surface area is 167 Å². The van der Waals surface area contributed by atoms with E-state index < -0.39 is 0 Å². The Hall–Kier alpha value is -2.63. The summed E-state index contributed by atoms with van der Waals surface area (Å²) >= 11 is 3.32. The first-order valence-electron chi connectivity index (χ1n) is 8.72. The fourth-order valence-corrected chi connectivity index (χ4v) is 4.90. The number of aryl methyl sites for hydroxylation is 1. The average molecular weight is 390 g/mol. The highest BCUT2D eigenvalue weighted by Crippen LogP contribution is 2.42. The molecule has 4 rings (SSSR count). The number of hydrogen-bond donors (Lipinski definition) is 1. The number of benzene rings is 3. The largest absolute Gasteiger partial charge is 0.330 e. The van der Waals surface area contributed by atoms with Crippen LogP contribution in [0.25, 0.3) is 0 Å². The van der Waals surface area contributed by atoms with Crippen molar-refractivity contribution < 1.29 is 0 Å². The fraction of sp³-hybridized carbons (Fsp3) is 0.0909. The summed E-state index contributed by atoms with van der Waals surface area (Å²) in [6.45, 7) is 2.08. The normalized spacial score (nSPS) is 10.9. The number of aromatic nitrogens is 2. The molecule has 0 saturated heterocycles. The first kappa shape index (κ1) is 17.8. The van der Waals surface area contributed by atoms with Gasteiger partial charge < -0.3 is 5.32 Å². The van der Waals surface area contributed by atoms with E-state index in [-0.39, 0.29) is 5.25 Å². The molecule has 0 spiro atoms. The number of para-hydroxylation sites is 1. The van der Waals surface area contributed by atoms with Gasteiger partial charge in [0.25, 0.3) is 0 Å². The number of rotatable bonds is 6. The standard InChI is InChI=1S/C22H19N3S2/c1-16-10-8-9-15-19(16)23-21-24-25-22(27-21)26-20(17-11-4-2-5-12-17)18-13-6-3-7-14-18/h2-15,20H,1H3,(H,23,24). The topological polar surface area (TPSA) is 37.8 Å². The maximum atomic E-state index is 4.40. The lowest BCUT2D eigenvalue weighted by atomic mass is 10.0. The van der Waals surface area contributed by atoms with E-state index in [0.717, 1.165) is 15.2 Å². The SMILES string of the molecule is Cc1ccccc1Nc1nnc(SC(c2ccccc2)c2ccccc2)s1. The molecule has 0 aliphatic heterocycles. The van der Waals surface area contributed by atoms with Gasteiger partial charge in [0.15, 0.2) is 4.34 Å². The average Bonchev–Trinajstić information content (AvgIpc) is 3.16. The first-order chi connectivity index (χ1) is 13.3. The summed E-state index contributed by atoms with van der Waals surface area (Å²) in [6, 6.07) is 29.3. The van der Waals surface area contributed by atoms with E-state index in [2.05, 4.69) is 83.1 Å². The van der Waals surface area contributed by atoms with E-state index in [1.54, 1.807) is 23.1 Å². The van der Waals surface area contributed by atoms with Crippen molar-refractivity contribution in [3.05, 3.63) is 102 Å². The molecule has 4 aromatic rings. The summed E-state index contributed by atoms with van der Waals surface area (Å²) < 4.78 is 0.948. The summed E-state index contributed by atoms with van der Waals surface area (Å²) in [7, 11) is 0. The van der Waals surface area contributed by atoms with Crippen LogP contribution in [0.5, 0.6) is 0 Å². The van der Waals surface area contributed by atoms with Crippen molar-refractivity contribution >= 4 is 33.9 Å². The minimum absolute atomic E-state index is 0.187. The minimum atomic E-state index is 0.187. The van der Waals surface area contributed by atoms with Crippen molar-refractivity contribution in [3.8, 4) is 0 Å². The van der Waals surface area contributed by atoms with Gasteiger partial charge in [-0.25, -0.2) is 0 Å². The van der Waals surface area contributed by atoms with Gasteiger partial charge in [0.1, 0.15) is 0 Å². The van der Waals surface area contributed by atoms with Crippen LogP contribution in [0.1, 0.15) is 21.9 Å². The van der Waals surface area contributed by atoms with Crippen LogP contribution in [0.4, 0.5) is 10.8 Å². The molecule has 134 valence electrons. The highest BCUT2D eigenvalue weighted by atomic mass is 32.2. The Bertz CT molecular complexity index is 961. The molecule has 0 aliphatic rings. The van der Waals surface area contributed by atoms with Gasteiger partial charge in [-0.2, -0.15) is 0 Å². The van der Waals surface area contributed by atoms with Crippen molar-refractivity contribution in [1.29, 1.82) is 0 Å². The maximum Gasteiger partial charge on any atom is 0.210 e. The van der Waals surface area contributed by atoms with Gasteiger partial charge in [-0.05, 0) is 29.7 Å². The Morgan fingerprint density at radius 1 is 0.778 bits per heavy atom. The Morgan fingerprint density at radius 3 is 2.00 bits per heavy atom. The predicted octanol–water partition coefficient (Wildman–Crippen LogP) is 6.47. The van der Waals surface area contributed by atoms with Crippen molar-refractivity contribution in [2.75, 3.05) is 5.32 Å². The van der Waals surface area contributed by atoms with E-state index in [9.17, 15) is 0 Å². The van der Waals surface area contributed by atoms with E-state index in [1.807, 2.05) is 24.3 Å². The van der Waals surface area contributed by atoms with Crippen LogP contribution >= 0.6 is 23.1 Å². The summed E-state index contributed by atoms with van der Waals surface area (Å²) in [5, 5.41) is 13.1. The summed E-state index contributed by atoms with van der Waals surface area (Å²) in [4.78, 5) is 0. The second-order valence-electron chi connectivity index (χ2n) is 6.13. The summed E-state index contributed by atoms with van der Waals surface area (Å²) in [5.41, 5.74) is 4.77. The zero-order chi connectivity index (χ0) is 18.5. The molecule has 1 N–H and O–H groups in total. The van der Waals surface area contributed by atoms with Gasteiger partial charge in [0.2, 0.25) is 5.13 Å². The van der Waals surface area contributed by atoms with E-state index in [4.69, 9.17) is 0 Å². The van der Waals surface area contributed by atoms with Crippen molar-refractivity contribution in [1.82, 2.24) is 10.2 Å². The third-order valence-electron chi connectivity index (χ3n) is 4.22. The second-order valence-corrected chi connectivity index (χ2v) is 8.46.